The van der Waals surface area contributed by atoms with Gasteiger partial charge in [0.05, 0.1) is 13.7 Å². The van der Waals surface area contributed by atoms with Crippen molar-refractivity contribution >= 4 is 29.9 Å². The molecule has 1 unspecified atom stereocenters. The zero-order chi connectivity index (χ0) is 15.0. The molecular formula is C13H21N4O2S2+. The Morgan fingerprint density at radius 3 is 3.00 bits per heavy atom. The van der Waals surface area contributed by atoms with Gasteiger partial charge in [-0.3, -0.25) is 4.79 Å². The Morgan fingerprint density at radius 1 is 1.57 bits per heavy atom. The van der Waals surface area contributed by atoms with E-state index in [1.165, 1.54) is 24.9 Å². The number of rotatable bonds is 4. The van der Waals surface area contributed by atoms with E-state index in [2.05, 4.69) is 5.10 Å². The Morgan fingerprint density at radius 2 is 2.33 bits per heavy atom. The summed E-state index contributed by atoms with van der Waals surface area (Å²) in [5.74, 6) is 2.54. The van der Waals surface area contributed by atoms with Crippen LogP contribution in [0, 0.1) is 4.77 Å². The molecule has 1 aromatic heterocycles. The minimum Gasteiger partial charge on any atom is -0.468 e. The van der Waals surface area contributed by atoms with Crippen molar-refractivity contribution in [2.45, 2.75) is 30.7 Å². The van der Waals surface area contributed by atoms with Crippen LogP contribution in [-0.2, 0) is 23.2 Å². The van der Waals surface area contributed by atoms with Gasteiger partial charge in [-0.25, -0.2) is 0 Å². The van der Waals surface area contributed by atoms with Gasteiger partial charge in [-0.1, -0.05) is 0 Å². The third kappa shape index (κ3) is 3.17. The molecule has 116 valence electrons. The molecule has 2 aliphatic rings. The molecule has 0 radical (unpaired) electrons. The van der Waals surface area contributed by atoms with Crippen LogP contribution < -0.4 is 4.90 Å². The smallest absolute Gasteiger partial charge is 0.324 e. The highest BCUT2D eigenvalue weighted by Crippen LogP contribution is 2.38. The van der Waals surface area contributed by atoms with Crippen LogP contribution in [0.4, 0.5) is 0 Å². The molecule has 0 aromatic carbocycles. The van der Waals surface area contributed by atoms with Crippen LogP contribution in [0.3, 0.4) is 0 Å². The monoisotopic (exact) mass is 329 g/mol. The molecule has 0 bridgehead atoms. The molecule has 0 spiro atoms. The van der Waals surface area contributed by atoms with Crippen LogP contribution in [0.1, 0.15) is 24.6 Å². The lowest BCUT2D eigenvalue weighted by atomic mass is 10.3. The molecule has 3 rings (SSSR count). The van der Waals surface area contributed by atoms with Gasteiger partial charge in [0.15, 0.2) is 11.9 Å². The van der Waals surface area contributed by atoms with Gasteiger partial charge in [-0.15, -0.1) is 11.8 Å². The normalized spacial score (nSPS) is 25.8. The van der Waals surface area contributed by atoms with Crippen LogP contribution in [0.15, 0.2) is 0 Å². The molecule has 1 saturated heterocycles. The van der Waals surface area contributed by atoms with Gasteiger partial charge in [0.2, 0.25) is 4.77 Å². The molecule has 0 amide bonds. The fourth-order valence-corrected chi connectivity index (χ4v) is 4.19. The summed E-state index contributed by atoms with van der Waals surface area (Å²) >= 11 is 7.17. The minimum atomic E-state index is -0.125. The topological polar surface area (TPSA) is 53.5 Å². The van der Waals surface area contributed by atoms with E-state index in [0.29, 0.717) is 5.92 Å². The number of nitrogens with zero attached hydrogens (tertiary/aromatic N) is 3. The van der Waals surface area contributed by atoms with Crippen LogP contribution in [0.25, 0.3) is 0 Å². The summed E-state index contributed by atoms with van der Waals surface area (Å²) in [4.78, 5) is 13.0. The molecule has 1 saturated carbocycles. The number of hydrogen-bond acceptors (Lipinski definition) is 5. The molecule has 1 aromatic rings. The lowest BCUT2D eigenvalue weighted by Gasteiger charge is -2.27. The molecule has 1 aliphatic carbocycles. The van der Waals surface area contributed by atoms with E-state index in [9.17, 15) is 4.79 Å². The Hall–Kier alpha value is -0.860. The lowest BCUT2D eigenvalue weighted by molar-refractivity contribution is -0.921. The van der Waals surface area contributed by atoms with Gasteiger partial charge in [-0.05, 0) is 25.1 Å². The maximum absolute atomic E-state index is 11.7. The minimum absolute atomic E-state index is 0.0699. The number of esters is 1. The predicted octanol–water partition coefficient (Wildman–Crippen LogP) is -0.0407. The highest BCUT2D eigenvalue weighted by atomic mass is 32.2. The average Bonchev–Trinajstić information content (AvgIpc) is 3.30. The largest absolute Gasteiger partial charge is 0.468 e. The Bertz CT molecular complexity index is 593. The van der Waals surface area contributed by atoms with Gasteiger partial charge in [0.25, 0.3) is 0 Å². The number of carbonyl (C=O) groups excluding carboxylic acids is 1. The number of methoxy groups -OCH3 is 1. The second-order valence-corrected chi connectivity index (χ2v) is 7.39. The highest BCUT2D eigenvalue weighted by Gasteiger charge is 2.32. The fourth-order valence-electron chi connectivity index (χ4n) is 2.71. The van der Waals surface area contributed by atoms with E-state index in [4.69, 9.17) is 17.0 Å². The third-order valence-corrected chi connectivity index (χ3v) is 5.79. The summed E-state index contributed by atoms with van der Waals surface area (Å²) < 4.78 is 9.58. The highest BCUT2D eigenvalue weighted by molar-refractivity contribution is 8.00. The number of ether oxygens (including phenoxy) is 1. The van der Waals surface area contributed by atoms with Gasteiger partial charge < -0.3 is 14.2 Å². The van der Waals surface area contributed by atoms with Crippen molar-refractivity contribution in [3.05, 3.63) is 10.6 Å². The summed E-state index contributed by atoms with van der Waals surface area (Å²) in [7, 11) is 3.45. The Kier molecular flexibility index (Phi) is 4.37. The molecule has 8 heteroatoms. The van der Waals surface area contributed by atoms with Crippen LogP contribution >= 0.6 is 24.0 Å². The fraction of sp³-hybridized carbons (Fsp3) is 0.769. The van der Waals surface area contributed by atoms with Crippen molar-refractivity contribution < 1.29 is 14.4 Å². The molecule has 2 heterocycles. The zero-order valence-corrected chi connectivity index (χ0v) is 14.0. The van der Waals surface area contributed by atoms with E-state index < -0.39 is 0 Å². The maximum Gasteiger partial charge on any atom is 0.324 e. The van der Waals surface area contributed by atoms with Crippen LogP contribution in [-0.4, -0.2) is 51.5 Å². The first-order valence-electron chi connectivity index (χ1n) is 7.27. The molecule has 2 fully saturated rings. The zero-order valence-electron chi connectivity index (χ0n) is 12.4. The number of quaternary nitrogens is 1. The summed E-state index contributed by atoms with van der Waals surface area (Å²) in [6, 6.07) is 0. The van der Waals surface area contributed by atoms with Crippen LogP contribution in [0.5, 0.6) is 0 Å². The number of carbonyl (C=O) groups is 1. The standard InChI is InChI=1S/C13H20N4O2S2/c1-15-11(9-3-4-9)14-17(13(15)20)8-16-5-6-21-10(7-16)12(18)19-2/h9-10H,3-8H2,1-2H3/p+1/t10-/m1/s1. The summed E-state index contributed by atoms with van der Waals surface area (Å²) in [6.07, 6.45) is 2.44. The van der Waals surface area contributed by atoms with E-state index in [1.807, 2.05) is 16.3 Å². The quantitative estimate of drug-likeness (QED) is 0.620. The van der Waals surface area contributed by atoms with Crippen LogP contribution in [0.2, 0.25) is 0 Å². The molecule has 2 atom stereocenters. The number of thioether (sulfide) groups is 1. The number of aromatic nitrogens is 3. The lowest BCUT2D eigenvalue weighted by Crippen LogP contribution is -3.14. The van der Waals surface area contributed by atoms with Gasteiger partial charge in [-0.2, -0.15) is 9.78 Å². The first kappa shape index (κ1) is 15.1. The molecule has 6 nitrogen and oxygen atoms in total. The van der Waals surface area contributed by atoms with Crippen molar-refractivity contribution in [2.75, 3.05) is 26.0 Å². The van der Waals surface area contributed by atoms with Crippen molar-refractivity contribution in [1.29, 1.82) is 0 Å². The van der Waals surface area contributed by atoms with Crippen molar-refractivity contribution in [3.8, 4) is 0 Å². The second-order valence-electron chi connectivity index (χ2n) is 5.72. The molecule has 21 heavy (non-hydrogen) atoms. The molecular weight excluding hydrogens is 308 g/mol. The average molecular weight is 329 g/mol. The van der Waals surface area contributed by atoms with Gasteiger partial charge in [0, 0.05) is 18.7 Å². The summed E-state index contributed by atoms with van der Waals surface area (Å²) in [5, 5.41) is 4.62. The Labute approximate surface area is 133 Å². The van der Waals surface area contributed by atoms with Gasteiger partial charge in [0.1, 0.15) is 12.4 Å². The van der Waals surface area contributed by atoms with E-state index in [1.54, 1.807) is 11.8 Å². The van der Waals surface area contributed by atoms with Crippen molar-refractivity contribution in [3.63, 3.8) is 0 Å². The van der Waals surface area contributed by atoms with E-state index >= 15 is 0 Å². The Balaban J connectivity index is 1.70. The summed E-state index contributed by atoms with van der Waals surface area (Å²) in [5.41, 5.74) is 0. The maximum atomic E-state index is 11.7. The number of hydrogen-bond donors (Lipinski definition) is 1. The third-order valence-electron chi connectivity index (χ3n) is 4.10. The SMILES string of the molecule is COC(=O)[C@H]1C[NH+](Cn2nc(C3CC3)n(C)c2=S)CCS1. The molecule has 1 N–H and O–H groups in total. The van der Waals surface area contributed by atoms with E-state index in [-0.39, 0.29) is 11.2 Å². The van der Waals surface area contributed by atoms with Gasteiger partial charge >= 0.3 is 5.97 Å². The van der Waals surface area contributed by atoms with E-state index in [0.717, 1.165) is 36.1 Å². The number of nitrogens with one attached hydrogen (secondary N) is 1. The first-order valence-corrected chi connectivity index (χ1v) is 8.72. The summed E-state index contributed by atoms with van der Waals surface area (Å²) in [6.45, 7) is 2.52. The second kappa shape index (κ2) is 6.10. The first-order chi connectivity index (χ1) is 10.1. The predicted molar refractivity (Wildman–Crippen MR) is 83.0 cm³/mol. The van der Waals surface area contributed by atoms with Crippen molar-refractivity contribution in [2.24, 2.45) is 7.05 Å². The van der Waals surface area contributed by atoms with Crippen molar-refractivity contribution in [1.82, 2.24) is 14.3 Å². The molecule has 1 aliphatic heterocycles.